The van der Waals surface area contributed by atoms with Crippen molar-refractivity contribution in [3.63, 3.8) is 0 Å². The van der Waals surface area contributed by atoms with Crippen LogP contribution >= 0.6 is 23.7 Å². The van der Waals surface area contributed by atoms with Crippen molar-refractivity contribution in [2.24, 2.45) is 17.6 Å². The summed E-state index contributed by atoms with van der Waals surface area (Å²) in [6.45, 7) is 6.25. The Balaban J connectivity index is 0.00000161. The van der Waals surface area contributed by atoms with Crippen LogP contribution in [0.2, 0.25) is 0 Å². The zero-order chi connectivity index (χ0) is 13.9. The van der Waals surface area contributed by atoms with E-state index in [1.807, 2.05) is 12.1 Å². The lowest BCUT2D eigenvalue weighted by atomic mass is 9.87. The van der Waals surface area contributed by atoms with Gasteiger partial charge in [-0.2, -0.15) is 0 Å². The van der Waals surface area contributed by atoms with E-state index in [1.54, 1.807) is 17.6 Å². The summed E-state index contributed by atoms with van der Waals surface area (Å²) in [6, 6.07) is 3.85. The largest absolute Gasteiger partial charge is 0.462 e. The van der Waals surface area contributed by atoms with Crippen LogP contribution < -0.4 is 5.73 Å². The molecule has 6 heteroatoms. The molecule has 1 saturated heterocycles. The van der Waals surface area contributed by atoms with Crippen molar-refractivity contribution in [2.45, 2.75) is 19.9 Å². The van der Waals surface area contributed by atoms with Crippen LogP contribution in [0.4, 0.5) is 0 Å². The van der Waals surface area contributed by atoms with E-state index in [-0.39, 0.29) is 12.4 Å². The molecule has 21 heavy (non-hydrogen) atoms. The Kier molecular flexibility index (Phi) is 5.81. The van der Waals surface area contributed by atoms with Gasteiger partial charge < -0.3 is 10.2 Å². The number of piperidine rings is 1. The fraction of sp³-hybridized carbons (Fsp3) is 0.533. The summed E-state index contributed by atoms with van der Waals surface area (Å²) in [5, 5.41) is 3.10. The number of furan rings is 1. The molecule has 1 fully saturated rings. The first-order valence-electron chi connectivity index (χ1n) is 7.17. The summed E-state index contributed by atoms with van der Waals surface area (Å²) in [5.74, 6) is 2.21. The van der Waals surface area contributed by atoms with Crippen molar-refractivity contribution < 1.29 is 4.42 Å². The summed E-state index contributed by atoms with van der Waals surface area (Å²) >= 11 is 1.65. The standard InChI is InChI=1S/C15H21N3OS.ClH/c1-11-4-5-18(8-12(11)7-16)9-13-10-20-15(17-13)14-3-2-6-19-14;/h2-3,6,10-12H,4-5,7-9,16H2,1H3;1H. The molecular formula is C15H22ClN3OS. The topological polar surface area (TPSA) is 55.3 Å². The first-order valence-corrected chi connectivity index (χ1v) is 8.05. The molecule has 0 spiro atoms. The first-order chi connectivity index (χ1) is 9.76. The number of hydrogen-bond donors (Lipinski definition) is 1. The molecule has 1 aliphatic heterocycles. The molecule has 2 atom stereocenters. The van der Waals surface area contributed by atoms with E-state index < -0.39 is 0 Å². The second-order valence-corrected chi connectivity index (χ2v) is 6.48. The molecule has 0 radical (unpaired) electrons. The Labute approximate surface area is 135 Å². The summed E-state index contributed by atoms with van der Waals surface area (Å²) < 4.78 is 5.39. The summed E-state index contributed by atoms with van der Waals surface area (Å²) in [6.07, 6.45) is 2.92. The van der Waals surface area contributed by atoms with Gasteiger partial charge in [0.25, 0.3) is 0 Å². The fourth-order valence-electron chi connectivity index (χ4n) is 2.80. The van der Waals surface area contributed by atoms with Gasteiger partial charge in [0.1, 0.15) is 0 Å². The van der Waals surface area contributed by atoms with Crippen molar-refractivity contribution in [3.8, 4) is 10.8 Å². The Bertz CT molecular complexity index is 543. The Morgan fingerprint density at radius 2 is 2.38 bits per heavy atom. The average Bonchev–Trinajstić information content (AvgIpc) is 3.11. The van der Waals surface area contributed by atoms with Gasteiger partial charge in [-0.1, -0.05) is 6.92 Å². The lowest BCUT2D eigenvalue weighted by molar-refractivity contribution is 0.125. The SMILES string of the molecule is CC1CCN(Cc2csc(-c3ccco3)n2)CC1CN.Cl. The van der Waals surface area contributed by atoms with E-state index >= 15 is 0 Å². The maximum absolute atomic E-state index is 5.86. The monoisotopic (exact) mass is 327 g/mol. The molecule has 2 N–H and O–H groups in total. The zero-order valence-corrected chi connectivity index (χ0v) is 13.8. The summed E-state index contributed by atoms with van der Waals surface area (Å²) in [5.41, 5.74) is 7.00. The van der Waals surface area contributed by atoms with Gasteiger partial charge in [0.05, 0.1) is 12.0 Å². The van der Waals surface area contributed by atoms with E-state index in [4.69, 9.17) is 10.2 Å². The average molecular weight is 328 g/mol. The van der Waals surface area contributed by atoms with Crippen molar-refractivity contribution >= 4 is 23.7 Å². The second-order valence-electron chi connectivity index (χ2n) is 5.62. The minimum absolute atomic E-state index is 0. The van der Waals surface area contributed by atoms with Gasteiger partial charge in [-0.25, -0.2) is 4.98 Å². The predicted octanol–water partition coefficient (Wildman–Crippen LogP) is 3.24. The van der Waals surface area contributed by atoms with Crippen LogP contribution in [-0.2, 0) is 6.54 Å². The Morgan fingerprint density at radius 1 is 1.52 bits per heavy atom. The van der Waals surface area contributed by atoms with Gasteiger partial charge in [0, 0.05) is 18.5 Å². The van der Waals surface area contributed by atoms with Gasteiger partial charge in [-0.05, 0) is 43.5 Å². The summed E-state index contributed by atoms with van der Waals surface area (Å²) in [7, 11) is 0. The Morgan fingerprint density at radius 3 is 3.10 bits per heavy atom. The number of nitrogens with two attached hydrogens (primary N) is 1. The lowest BCUT2D eigenvalue weighted by Gasteiger charge is -2.36. The van der Waals surface area contributed by atoms with Crippen molar-refractivity contribution in [1.29, 1.82) is 0 Å². The number of rotatable bonds is 4. The van der Waals surface area contributed by atoms with Crippen LogP contribution in [0.3, 0.4) is 0 Å². The molecule has 3 rings (SSSR count). The van der Waals surface area contributed by atoms with Gasteiger partial charge in [-0.15, -0.1) is 23.7 Å². The smallest absolute Gasteiger partial charge is 0.162 e. The molecule has 0 aliphatic carbocycles. The maximum Gasteiger partial charge on any atom is 0.162 e. The number of nitrogens with zero attached hydrogens (tertiary/aromatic N) is 2. The molecule has 4 nitrogen and oxygen atoms in total. The molecule has 3 heterocycles. The molecule has 0 aromatic carbocycles. The highest BCUT2D eigenvalue weighted by Gasteiger charge is 2.25. The minimum atomic E-state index is 0. The molecule has 0 saturated carbocycles. The van der Waals surface area contributed by atoms with Gasteiger partial charge in [0.2, 0.25) is 0 Å². The Hall–Kier alpha value is -0.880. The lowest BCUT2D eigenvalue weighted by Crippen LogP contribution is -2.42. The van der Waals surface area contributed by atoms with Gasteiger partial charge in [0.15, 0.2) is 10.8 Å². The van der Waals surface area contributed by atoms with E-state index in [0.29, 0.717) is 5.92 Å². The normalized spacial score (nSPS) is 23.0. The van der Waals surface area contributed by atoms with E-state index in [2.05, 4.69) is 22.2 Å². The zero-order valence-electron chi connectivity index (χ0n) is 12.2. The van der Waals surface area contributed by atoms with Gasteiger partial charge in [-0.3, -0.25) is 4.90 Å². The molecule has 0 bridgehead atoms. The second kappa shape index (κ2) is 7.40. The third-order valence-electron chi connectivity index (χ3n) is 4.17. The van der Waals surface area contributed by atoms with Crippen LogP contribution in [0.15, 0.2) is 28.2 Å². The van der Waals surface area contributed by atoms with Gasteiger partial charge >= 0.3 is 0 Å². The predicted molar refractivity (Wildman–Crippen MR) is 88.7 cm³/mol. The first kappa shape index (κ1) is 16.5. The van der Waals surface area contributed by atoms with Crippen LogP contribution in [-0.4, -0.2) is 29.5 Å². The number of aromatic nitrogens is 1. The molecular weight excluding hydrogens is 306 g/mol. The minimum Gasteiger partial charge on any atom is -0.462 e. The third-order valence-corrected chi connectivity index (χ3v) is 5.08. The third kappa shape index (κ3) is 3.86. The van der Waals surface area contributed by atoms with E-state index in [9.17, 15) is 0 Å². The van der Waals surface area contributed by atoms with Crippen LogP contribution in [0.1, 0.15) is 19.0 Å². The van der Waals surface area contributed by atoms with Crippen LogP contribution in [0.25, 0.3) is 10.8 Å². The highest BCUT2D eigenvalue weighted by molar-refractivity contribution is 7.13. The van der Waals surface area contributed by atoms with Crippen molar-refractivity contribution in [2.75, 3.05) is 19.6 Å². The van der Waals surface area contributed by atoms with E-state index in [1.165, 1.54) is 6.42 Å². The molecule has 0 amide bonds. The van der Waals surface area contributed by atoms with E-state index in [0.717, 1.165) is 48.6 Å². The quantitative estimate of drug-likeness (QED) is 0.936. The molecule has 116 valence electrons. The maximum atomic E-state index is 5.86. The fourth-order valence-corrected chi connectivity index (χ4v) is 3.57. The highest BCUT2D eigenvalue weighted by atomic mass is 35.5. The van der Waals surface area contributed by atoms with Crippen molar-refractivity contribution in [3.05, 3.63) is 29.5 Å². The van der Waals surface area contributed by atoms with Crippen molar-refractivity contribution in [1.82, 2.24) is 9.88 Å². The number of likely N-dealkylation sites (tertiary alicyclic amines) is 1. The van der Waals surface area contributed by atoms with Crippen LogP contribution in [0.5, 0.6) is 0 Å². The number of halogens is 1. The molecule has 2 unspecified atom stereocenters. The number of thiazole rings is 1. The summed E-state index contributed by atoms with van der Waals surface area (Å²) in [4.78, 5) is 7.14. The number of hydrogen-bond acceptors (Lipinski definition) is 5. The van der Waals surface area contributed by atoms with Crippen LogP contribution in [0, 0.1) is 11.8 Å². The highest BCUT2D eigenvalue weighted by Crippen LogP contribution is 2.27. The molecule has 2 aromatic rings. The molecule has 1 aliphatic rings. The molecule has 2 aromatic heterocycles.